The van der Waals surface area contributed by atoms with Gasteiger partial charge in [0.15, 0.2) is 5.13 Å². The monoisotopic (exact) mass is 254 g/mol. The lowest BCUT2D eigenvalue weighted by Crippen LogP contribution is -1.92. The highest BCUT2D eigenvalue weighted by Gasteiger charge is 2.00. The summed E-state index contributed by atoms with van der Waals surface area (Å²) in [5.74, 6) is 0.866. The summed E-state index contributed by atoms with van der Waals surface area (Å²) in [6, 6.07) is 7.72. The molecule has 0 aliphatic rings. The second-order valence-corrected chi connectivity index (χ2v) is 4.30. The van der Waals surface area contributed by atoms with Gasteiger partial charge >= 0.3 is 0 Å². The average Bonchev–Trinajstić information content (AvgIpc) is 2.67. The number of aromatic nitrogens is 1. The number of halogens is 1. The Hall–Kier alpha value is -1.26. The minimum atomic E-state index is 0.512. The van der Waals surface area contributed by atoms with Gasteiger partial charge in [-0.15, -0.1) is 11.3 Å². The third-order valence-corrected chi connectivity index (χ3v) is 2.97. The van der Waals surface area contributed by atoms with Crippen LogP contribution in [0.5, 0.6) is 5.75 Å². The van der Waals surface area contributed by atoms with Gasteiger partial charge in [-0.25, -0.2) is 4.98 Å². The van der Waals surface area contributed by atoms with E-state index in [1.807, 2.05) is 31.2 Å². The van der Waals surface area contributed by atoms with Crippen molar-refractivity contribution in [1.82, 2.24) is 4.98 Å². The largest absolute Gasteiger partial charge is 0.494 e. The topological polar surface area (TPSA) is 34.1 Å². The van der Waals surface area contributed by atoms with Crippen LogP contribution in [0.4, 0.5) is 10.8 Å². The van der Waals surface area contributed by atoms with Crippen LogP contribution in [0.25, 0.3) is 0 Å². The molecule has 0 bridgehead atoms. The van der Waals surface area contributed by atoms with Crippen LogP contribution in [0, 0.1) is 0 Å². The maximum Gasteiger partial charge on any atom is 0.188 e. The lowest BCUT2D eigenvalue weighted by atomic mass is 10.3. The lowest BCUT2D eigenvalue weighted by molar-refractivity contribution is 0.340. The van der Waals surface area contributed by atoms with E-state index < -0.39 is 0 Å². The van der Waals surface area contributed by atoms with Gasteiger partial charge in [0, 0.05) is 11.1 Å². The smallest absolute Gasteiger partial charge is 0.188 e. The highest BCUT2D eigenvalue weighted by atomic mass is 35.5. The Morgan fingerprint density at radius 2 is 2.12 bits per heavy atom. The van der Waals surface area contributed by atoms with Crippen LogP contribution >= 0.6 is 22.9 Å². The summed E-state index contributed by atoms with van der Waals surface area (Å²) in [6.45, 7) is 2.64. The molecule has 0 aliphatic carbocycles. The van der Waals surface area contributed by atoms with Gasteiger partial charge in [0.05, 0.1) is 6.61 Å². The molecular weight excluding hydrogens is 244 g/mol. The number of ether oxygens (including phenoxy) is 1. The first kappa shape index (κ1) is 11.2. The van der Waals surface area contributed by atoms with E-state index in [2.05, 4.69) is 10.3 Å². The molecule has 1 heterocycles. The van der Waals surface area contributed by atoms with Crippen molar-refractivity contribution < 1.29 is 4.74 Å². The minimum absolute atomic E-state index is 0.512. The molecule has 0 saturated carbocycles. The van der Waals surface area contributed by atoms with E-state index in [1.54, 1.807) is 5.38 Å². The Morgan fingerprint density at radius 1 is 1.38 bits per heavy atom. The van der Waals surface area contributed by atoms with E-state index in [4.69, 9.17) is 16.3 Å². The number of nitrogens with zero attached hydrogens (tertiary/aromatic N) is 1. The molecule has 0 atom stereocenters. The summed E-state index contributed by atoms with van der Waals surface area (Å²) in [6.07, 6.45) is 0. The predicted octanol–water partition coefficient (Wildman–Crippen LogP) is 3.94. The van der Waals surface area contributed by atoms with Gasteiger partial charge in [0.1, 0.15) is 10.9 Å². The van der Waals surface area contributed by atoms with E-state index in [0.29, 0.717) is 11.8 Å². The van der Waals surface area contributed by atoms with Crippen LogP contribution in [-0.4, -0.2) is 11.6 Å². The van der Waals surface area contributed by atoms with E-state index >= 15 is 0 Å². The van der Waals surface area contributed by atoms with Crippen molar-refractivity contribution in [2.45, 2.75) is 6.92 Å². The van der Waals surface area contributed by atoms with E-state index in [9.17, 15) is 0 Å². The molecule has 5 heteroatoms. The fraction of sp³-hybridized carbons (Fsp3) is 0.182. The Morgan fingerprint density at radius 3 is 2.69 bits per heavy atom. The van der Waals surface area contributed by atoms with Crippen molar-refractivity contribution >= 4 is 33.8 Å². The van der Waals surface area contributed by atoms with Crippen LogP contribution < -0.4 is 10.1 Å². The van der Waals surface area contributed by atoms with Gasteiger partial charge in [-0.3, -0.25) is 0 Å². The second kappa shape index (κ2) is 5.18. The number of benzene rings is 1. The first-order valence-corrected chi connectivity index (χ1v) is 6.14. The van der Waals surface area contributed by atoms with Crippen LogP contribution in [-0.2, 0) is 0 Å². The molecule has 0 aliphatic heterocycles. The van der Waals surface area contributed by atoms with Gasteiger partial charge in [0.25, 0.3) is 0 Å². The SMILES string of the molecule is CCOc1ccc(Nc2nc(Cl)cs2)cc1. The summed E-state index contributed by atoms with van der Waals surface area (Å²) in [5, 5.41) is 6.25. The predicted molar refractivity (Wildman–Crippen MR) is 68.0 cm³/mol. The summed E-state index contributed by atoms with van der Waals surface area (Å²) >= 11 is 7.21. The molecule has 0 unspecified atom stereocenters. The molecule has 0 amide bonds. The minimum Gasteiger partial charge on any atom is -0.494 e. The fourth-order valence-electron chi connectivity index (χ4n) is 1.24. The van der Waals surface area contributed by atoms with Crippen LogP contribution in [0.2, 0.25) is 5.15 Å². The number of nitrogens with one attached hydrogen (secondary N) is 1. The molecule has 0 radical (unpaired) electrons. The molecule has 84 valence electrons. The molecular formula is C11H11ClN2OS. The van der Waals surface area contributed by atoms with Crippen molar-refractivity contribution in [3.05, 3.63) is 34.8 Å². The maximum absolute atomic E-state index is 5.73. The van der Waals surface area contributed by atoms with Gasteiger partial charge in [-0.05, 0) is 31.2 Å². The van der Waals surface area contributed by atoms with Gasteiger partial charge in [-0.2, -0.15) is 0 Å². The highest BCUT2D eigenvalue weighted by Crippen LogP contribution is 2.24. The Kier molecular flexibility index (Phi) is 3.64. The summed E-state index contributed by atoms with van der Waals surface area (Å²) in [5.41, 5.74) is 0.967. The van der Waals surface area contributed by atoms with Gasteiger partial charge in [0.2, 0.25) is 0 Å². The normalized spacial score (nSPS) is 10.1. The summed E-state index contributed by atoms with van der Waals surface area (Å²) < 4.78 is 5.35. The van der Waals surface area contributed by atoms with Crippen LogP contribution in [0.3, 0.4) is 0 Å². The molecule has 1 aromatic heterocycles. The quantitative estimate of drug-likeness (QED) is 0.897. The zero-order valence-electron chi connectivity index (χ0n) is 8.74. The number of anilines is 2. The molecule has 0 saturated heterocycles. The number of hydrogen-bond donors (Lipinski definition) is 1. The van der Waals surface area contributed by atoms with Gasteiger partial charge < -0.3 is 10.1 Å². The molecule has 0 fully saturated rings. The molecule has 2 aromatic rings. The summed E-state index contributed by atoms with van der Waals surface area (Å²) in [4.78, 5) is 4.11. The summed E-state index contributed by atoms with van der Waals surface area (Å²) in [7, 11) is 0. The van der Waals surface area contributed by atoms with Crippen molar-refractivity contribution in [3.63, 3.8) is 0 Å². The first-order chi connectivity index (χ1) is 7.78. The van der Waals surface area contributed by atoms with E-state index in [-0.39, 0.29) is 0 Å². The zero-order valence-corrected chi connectivity index (χ0v) is 10.3. The lowest BCUT2D eigenvalue weighted by Gasteiger charge is -2.05. The van der Waals surface area contributed by atoms with E-state index in [0.717, 1.165) is 16.6 Å². The Bertz CT molecular complexity index is 455. The molecule has 0 spiro atoms. The fourth-order valence-corrected chi connectivity index (χ4v) is 2.09. The number of thiazole rings is 1. The molecule has 1 N–H and O–H groups in total. The van der Waals surface area contributed by atoms with Crippen LogP contribution in [0.1, 0.15) is 6.92 Å². The molecule has 3 nitrogen and oxygen atoms in total. The zero-order chi connectivity index (χ0) is 11.4. The Balaban J connectivity index is 2.05. The molecule has 2 rings (SSSR count). The van der Waals surface area contributed by atoms with Crippen LogP contribution in [0.15, 0.2) is 29.6 Å². The third-order valence-electron chi connectivity index (χ3n) is 1.89. The van der Waals surface area contributed by atoms with Crippen molar-refractivity contribution in [2.24, 2.45) is 0 Å². The van der Waals surface area contributed by atoms with Crippen molar-refractivity contribution in [1.29, 1.82) is 0 Å². The Labute approximate surface area is 103 Å². The third kappa shape index (κ3) is 2.87. The van der Waals surface area contributed by atoms with Crippen molar-refractivity contribution in [3.8, 4) is 5.75 Å². The molecule has 16 heavy (non-hydrogen) atoms. The second-order valence-electron chi connectivity index (χ2n) is 3.06. The first-order valence-electron chi connectivity index (χ1n) is 4.89. The highest BCUT2D eigenvalue weighted by molar-refractivity contribution is 7.14. The van der Waals surface area contributed by atoms with Gasteiger partial charge in [-0.1, -0.05) is 11.6 Å². The number of rotatable bonds is 4. The van der Waals surface area contributed by atoms with Crippen molar-refractivity contribution in [2.75, 3.05) is 11.9 Å². The van der Waals surface area contributed by atoms with E-state index in [1.165, 1.54) is 11.3 Å². The maximum atomic E-state index is 5.73. The number of hydrogen-bond acceptors (Lipinski definition) is 4. The molecule has 1 aromatic carbocycles. The average molecular weight is 255 g/mol. The standard InChI is InChI=1S/C11H11ClN2OS/c1-2-15-9-5-3-8(4-6-9)13-11-14-10(12)7-16-11/h3-7H,2H2,1H3,(H,13,14).